The predicted octanol–water partition coefficient (Wildman–Crippen LogP) is 3.15. The van der Waals surface area contributed by atoms with Crippen LogP contribution in [0.5, 0.6) is 0 Å². The smallest absolute Gasteiger partial charge is 0.135 e. The van der Waals surface area contributed by atoms with E-state index in [9.17, 15) is 0 Å². The number of anilines is 2. The first-order valence-electron chi connectivity index (χ1n) is 8.15. The zero-order chi connectivity index (χ0) is 15.2. The van der Waals surface area contributed by atoms with Gasteiger partial charge in [0.1, 0.15) is 17.5 Å². The van der Waals surface area contributed by atoms with Crippen LogP contribution in [0.1, 0.15) is 51.4 Å². The summed E-state index contributed by atoms with van der Waals surface area (Å²) >= 11 is 0. The molecule has 1 aromatic heterocycles. The van der Waals surface area contributed by atoms with Crippen molar-refractivity contribution in [1.82, 2.24) is 9.97 Å². The molecule has 2 rings (SSSR count). The molecule has 0 saturated carbocycles. The highest BCUT2D eigenvalue weighted by atomic mass is 16.5. The Bertz CT molecular complexity index is 464. The highest BCUT2D eigenvalue weighted by Gasteiger charge is 2.25. The Kier molecular flexibility index (Phi) is 5.79. The number of hydrogen-bond donors (Lipinski definition) is 2. The summed E-state index contributed by atoms with van der Waals surface area (Å²) in [4.78, 5) is 9.37. The minimum Gasteiger partial charge on any atom is -0.376 e. The maximum atomic E-state index is 5.63. The highest BCUT2D eigenvalue weighted by Crippen LogP contribution is 2.24. The maximum Gasteiger partial charge on any atom is 0.135 e. The molecule has 2 atom stereocenters. The van der Waals surface area contributed by atoms with Crippen LogP contribution in [0.2, 0.25) is 0 Å². The lowest BCUT2D eigenvalue weighted by Crippen LogP contribution is -2.28. The molecule has 1 fully saturated rings. The Labute approximate surface area is 127 Å². The molecule has 2 unspecified atom stereocenters. The van der Waals surface area contributed by atoms with Gasteiger partial charge in [0, 0.05) is 25.1 Å². The van der Waals surface area contributed by atoms with Crippen LogP contribution >= 0.6 is 0 Å². The molecule has 2 heterocycles. The van der Waals surface area contributed by atoms with Crippen molar-refractivity contribution in [1.29, 1.82) is 0 Å². The van der Waals surface area contributed by atoms with E-state index in [2.05, 4.69) is 43.3 Å². The van der Waals surface area contributed by atoms with Crippen molar-refractivity contribution in [3.63, 3.8) is 0 Å². The number of aryl methyl sites for hydroxylation is 1. The van der Waals surface area contributed by atoms with Gasteiger partial charge >= 0.3 is 0 Å². The van der Waals surface area contributed by atoms with Crippen LogP contribution in [0.15, 0.2) is 0 Å². The molecule has 0 aliphatic carbocycles. The van der Waals surface area contributed by atoms with E-state index in [1.54, 1.807) is 0 Å². The van der Waals surface area contributed by atoms with E-state index in [1.165, 1.54) is 0 Å². The zero-order valence-electron chi connectivity index (χ0n) is 13.7. The zero-order valence-corrected chi connectivity index (χ0v) is 13.7. The second-order valence-corrected chi connectivity index (χ2v) is 5.75. The molecule has 2 N–H and O–H groups in total. The van der Waals surface area contributed by atoms with Gasteiger partial charge < -0.3 is 15.4 Å². The monoisotopic (exact) mass is 292 g/mol. The van der Waals surface area contributed by atoms with Crippen LogP contribution < -0.4 is 10.6 Å². The van der Waals surface area contributed by atoms with Crippen molar-refractivity contribution in [2.75, 3.05) is 23.8 Å². The molecule has 1 aliphatic rings. The number of ether oxygens (including phenoxy) is 1. The molecule has 118 valence electrons. The van der Waals surface area contributed by atoms with Crippen molar-refractivity contribution >= 4 is 11.6 Å². The van der Waals surface area contributed by atoms with E-state index in [4.69, 9.17) is 9.72 Å². The quantitative estimate of drug-likeness (QED) is 0.808. The van der Waals surface area contributed by atoms with Crippen LogP contribution in [0.3, 0.4) is 0 Å². The molecule has 1 aliphatic heterocycles. The number of rotatable bonds is 7. The number of nitrogens with one attached hydrogen (secondary N) is 2. The van der Waals surface area contributed by atoms with E-state index in [-0.39, 0.29) is 6.10 Å². The van der Waals surface area contributed by atoms with Gasteiger partial charge in [0.25, 0.3) is 0 Å². The molecule has 0 radical (unpaired) electrons. The van der Waals surface area contributed by atoms with Gasteiger partial charge in [0.05, 0.1) is 12.1 Å². The van der Waals surface area contributed by atoms with Gasteiger partial charge in [0.15, 0.2) is 0 Å². The topological polar surface area (TPSA) is 59.1 Å². The number of aromatic nitrogens is 2. The van der Waals surface area contributed by atoms with Gasteiger partial charge in [-0.25, -0.2) is 9.97 Å². The molecule has 5 heteroatoms. The average molecular weight is 292 g/mol. The summed E-state index contributed by atoms with van der Waals surface area (Å²) in [6.45, 7) is 10.3. The van der Waals surface area contributed by atoms with Crippen LogP contribution in [0.25, 0.3) is 0 Å². The summed E-state index contributed by atoms with van der Waals surface area (Å²) in [6.07, 6.45) is 4.32. The maximum absolute atomic E-state index is 5.63. The van der Waals surface area contributed by atoms with Crippen LogP contribution in [-0.2, 0) is 11.2 Å². The molecule has 5 nitrogen and oxygen atoms in total. The fraction of sp³-hybridized carbons (Fsp3) is 0.750. The van der Waals surface area contributed by atoms with Crippen molar-refractivity contribution in [3.05, 3.63) is 11.4 Å². The van der Waals surface area contributed by atoms with Gasteiger partial charge in [-0.2, -0.15) is 0 Å². The van der Waals surface area contributed by atoms with Crippen molar-refractivity contribution in [2.45, 2.75) is 65.5 Å². The average Bonchev–Trinajstić information content (AvgIpc) is 2.86. The Balaban J connectivity index is 2.22. The van der Waals surface area contributed by atoms with Crippen molar-refractivity contribution in [3.8, 4) is 0 Å². The Hall–Kier alpha value is -1.36. The summed E-state index contributed by atoms with van der Waals surface area (Å²) in [5.74, 6) is 2.83. The molecule has 21 heavy (non-hydrogen) atoms. The second-order valence-electron chi connectivity index (χ2n) is 5.75. The van der Waals surface area contributed by atoms with Gasteiger partial charge in [-0.05, 0) is 33.1 Å². The molecule has 0 spiro atoms. The van der Waals surface area contributed by atoms with Crippen molar-refractivity contribution in [2.24, 2.45) is 0 Å². The Morgan fingerprint density at radius 2 is 1.95 bits per heavy atom. The van der Waals surface area contributed by atoms with Crippen LogP contribution in [-0.4, -0.2) is 35.3 Å². The first kappa shape index (κ1) is 16.0. The van der Waals surface area contributed by atoms with Gasteiger partial charge in [-0.3, -0.25) is 0 Å². The SMILES string of the molecule is CCCNc1nc(CCC)nc(NC2CCOC2C)c1C. The summed E-state index contributed by atoms with van der Waals surface area (Å²) in [5.41, 5.74) is 1.10. The van der Waals surface area contributed by atoms with Gasteiger partial charge in [-0.15, -0.1) is 0 Å². The standard InChI is InChI=1S/C16H28N4O/c1-5-7-14-19-15(17-9-6-2)11(3)16(20-14)18-13-8-10-21-12(13)4/h12-13H,5-10H2,1-4H3,(H2,17,18,19,20). The molecule has 0 aromatic carbocycles. The molecule has 0 bridgehead atoms. The molecular weight excluding hydrogens is 264 g/mol. The van der Waals surface area contributed by atoms with E-state index < -0.39 is 0 Å². The van der Waals surface area contributed by atoms with E-state index in [1.807, 2.05) is 0 Å². The largest absolute Gasteiger partial charge is 0.376 e. The predicted molar refractivity (Wildman–Crippen MR) is 87.0 cm³/mol. The fourth-order valence-electron chi connectivity index (χ4n) is 2.55. The first-order valence-corrected chi connectivity index (χ1v) is 8.15. The lowest BCUT2D eigenvalue weighted by molar-refractivity contribution is 0.121. The fourth-order valence-corrected chi connectivity index (χ4v) is 2.55. The molecular formula is C16H28N4O. The molecule has 1 aromatic rings. The van der Waals surface area contributed by atoms with Crippen LogP contribution in [0, 0.1) is 6.92 Å². The summed E-state index contributed by atoms with van der Waals surface area (Å²) in [6, 6.07) is 0.340. The third-order valence-corrected chi connectivity index (χ3v) is 3.91. The van der Waals surface area contributed by atoms with E-state index in [0.29, 0.717) is 6.04 Å². The molecule has 1 saturated heterocycles. The van der Waals surface area contributed by atoms with Crippen molar-refractivity contribution < 1.29 is 4.74 Å². The molecule has 0 amide bonds. The number of nitrogens with zero attached hydrogens (tertiary/aromatic N) is 2. The summed E-state index contributed by atoms with van der Waals surface area (Å²) in [7, 11) is 0. The third kappa shape index (κ3) is 4.06. The minimum absolute atomic E-state index is 0.237. The van der Waals surface area contributed by atoms with Gasteiger partial charge in [0.2, 0.25) is 0 Å². The second kappa shape index (κ2) is 7.59. The van der Waals surface area contributed by atoms with Crippen LogP contribution in [0.4, 0.5) is 11.6 Å². The Morgan fingerprint density at radius 1 is 1.19 bits per heavy atom. The summed E-state index contributed by atoms with van der Waals surface area (Å²) in [5, 5.41) is 6.97. The third-order valence-electron chi connectivity index (χ3n) is 3.91. The Morgan fingerprint density at radius 3 is 2.57 bits per heavy atom. The number of hydrogen-bond acceptors (Lipinski definition) is 5. The first-order chi connectivity index (χ1) is 10.2. The lowest BCUT2D eigenvalue weighted by Gasteiger charge is -2.20. The lowest BCUT2D eigenvalue weighted by atomic mass is 10.1. The highest BCUT2D eigenvalue weighted by molar-refractivity contribution is 5.57. The minimum atomic E-state index is 0.237. The normalized spacial score (nSPS) is 21.5. The van der Waals surface area contributed by atoms with E-state index >= 15 is 0 Å². The summed E-state index contributed by atoms with van der Waals surface area (Å²) < 4.78 is 5.63. The van der Waals surface area contributed by atoms with Gasteiger partial charge in [-0.1, -0.05) is 13.8 Å². The van der Waals surface area contributed by atoms with E-state index in [0.717, 1.165) is 61.9 Å².